The third kappa shape index (κ3) is 4.49. The smallest absolute Gasteiger partial charge is 0.246 e. The Morgan fingerprint density at radius 1 is 1.08 bits per heavy atom. The van der Waals surface area contributed by atoms with Crippen LogP contribution in [0.4, 0.5) is 5.69 Å². The van der Waals surface area contributed by atoms with Crippen molar-refractivity contribution in [3.05, 3.63) is 71.3 Å². The molecule has 5 unspecified atom stereocenters. The standard InChI is InChI=1S/C30H32ClN3O5/c1-38-21-13-11-20(12-14-21)32-27(35)24-23-15-16-30(39-23)25(24)29(37)34(17-18-7-5-6-10-22(18)31)26(30)28(36)33-19-8-3-2-4-9-19/h5-7,10-16,19,23-26H,2-4,8-9,17H2,1H3,(H,32,35)(H,33,36). The number of likely N-dealkylation sites (tertiary alicyclic amines) is 1. The Bertz CT molecular complexity index is 1310. The van der Waals surface area contributed by atoms with Crippen LogP contribution >= 0.6 is 11.6 Å². The molecule has 2 saturated heterocycles. The largest absolute Gasteiger partial charge is 0.497 e. The molecule has 1 saturated carbocycles. The predicted octanol–water partition coefficient (Wildman–Crippen LogP) is 4.09. The van der Waals surface area contributed by atoms with E-state index in [0.717, 1.165) is 37.7 Å². The summed E-state index contributed by atoms with van der Waals surface area (Å²) in [6.07, 6.45) is 8.19. The van der Waals surface area contributed by atoms with Crippen molar-refractivity contribution in [3.8, 4) is 5.75 Å². The minimum Gasteiger partial charge on any atom is -0.497 e. The van der Waals surface area contributed by atoms with E-state index in [0.29, 0.717) is 16.5 Å². The summed E-state index contributed by atoms with van der Waals surface area (Å²) in [7, 11) is 1.58. The van der Waals surface area contributed by atoms with Gasteiger partial charge in [-0.3, -0.25) is 14.4 Å². The molecule has 8 nitrogen and oxygen atoms in total. The Hall–Kier alpha value is -3.36. The molecule has 0 aromatic heterocycles. The van der Waals surface area contributed by atoms with E-state index in [1.165, 1.54) is 0 Å². The number of anilines is 1. The average molecular weight is 550 g/mol. The maximum Gasteiger partial charge on any atom is 0.246 e. The van der Waals surface area contributed by atoms with Crippen LogP contribution < -0.4 is 15.4 Å². The van der Waals surface area contributed by atoms with Crippen molar-refractivity contribution in [2.45, 2.75) is 62.4 Å². The van der Waals surface area contributed by atoms with Gasteiger partial charge >= 0.3 is 0 Å². The molecule has 2 aromatic rings. The minimum absolute atomic E-state index is 0.0655. The van der Waals surface area contributed by atoms with Crippen molar-refractivity contribution in [3.63, 3.8) is 0 Å². The molecule has 204 valence electrons. The number of benzene rings is 2. The second-order valence-electron chi connectivity index (χ2n) is 10.8. The number of carbonyl (C=O) groups excluding carboxylic acids is 3. The third-order valence-electron chi connectivity index (χ3n) is 8.53. The Kier molecular flexibility index (Phi) is 6.85. The summed E-state index contributed by atoms with van der Waals surface area (Å²) in [5.74, 6) is -1.76. The maximum atomic E-state index is 14.1. The number of hydrogen-bond donors (Lipinski definition) is 2. The van der Waals surface area contributed by atoms with Crippen molar-refractivity contribution in [2.24, 2.45) is 11.8 Å². The fourth-order valence-corrected chi connectivity index (χ4v) is 6.87. The molecule has 1 spiro atoms. The van der Waals surface area contributed by atoms with Gasteiger partial charge in [-0.05, 0) is 48.7 Å². The summed E-state index contributed by atoms with van der Waals surface area (Å²) in [6, 6.07) is 13.5. The highest BCUT2D eigenvalue weighted by Crippen LogP contribution is 2.55. The fourth-order valence-electron chi connectivity index (χ4n) is 6.67. The molecule has 5 atom stereocenters. The van der Waals surface area contributed by atoms with Gasteiger partial charge in [0.05, 0.1) is 25.0 Å². The molecule has 0 radical (unpaired) electrons. The quantitative estimate of drug-likeness (QED) is 0.507. The zero-order chi connectivity index (χ0) is 27.1. The van der Waals surface area contributed by atoms with Crippen LogP contribution in [0.5, 0.6) is 5.75 Å². The van der Waals surface area contributed by atoms with E-state index in [-0.39, 0.29) is 30.3 Å². The van der Waals surface area contributed by atoms with E-state index in [2.05, 4.69) is 10.6 Å². The number of hydrogen-bond acceptors (Lipinski definition) is 5. The molecule has 2 bridgehead atoms. The lowest BCUT2D eigenvalue weighted by Crippen LogP contribution is -2.56. The second kappa shape index (κ2) is 10.3. The van der Waals surface area contributed by atoms with Crippen molar-refractivity contribution in [1.29, 1.82) is 0 Å². The number of ether oxygens (including phenoxy) is 2. The minimum atomic E-state index is -1.22. The summed E-state index contributed by atoms with van der Waals surface area (Å²) in [5, 5.41) is 6.65. The van der Waals surface area contributed by atoms with Crippen LogP contribution in [0.25, 0.3) is 0 Å². The van der Waals surface area contributed by atoms with Gasteiger partial charge in [-0.2, -0.15) is 0 Å². The van der Waals surface area contributed by atoms with Gasteiger partial charge < -0.3 is 25.0 Å². The lowest BCUT2D eigenvalue weighted by atomic mass is 9.74. The molecular formula is C30H32ClN3O5. The van der Waals surface area contributed by atoms with Crippen LogP contribution in [0.3, 0.4) is 0 Å². The molecule has 3 amide bonds. The van der Waals surface area contributed by atoms with E-state index >= 15 is 0 Å². The summed E-state index contributed by atoms with van der Waals surface area (Å²) >= 11 is 6.46. The first-order chi connectivity index (χ1) is 18.9. The zero-order valence-corrected chi connectivity index (χ0v) is 22.5. The molecule has 4 aliphatic rings. The Morgan fingerprint density at radius 3 is 2.54 bits per heavy atom. The van der Waals surface area contributed by atoms with Crippen LogP contribution in [0.15, 0.2) is 60.7 Å². The van der Waals surface area contributed by atoms with E-state index in [1.807, 2.05) is 30.4 Å². The molecule has 2 aromatic carbocycles. The molecular weight excluding hydrogens is 518 g/mol. The van der Waals surface area contributed by atoms with Gasteiger partial charge in [0.15, 0.2) is 0 Å². The highest BCUT2D eigenvalue weighted by Gasteiger charge is 2.72. The Morgan fingerprint density at radius 2 is 1.82 bits per heavy atom. The lowest BCUT2D eigenvalue weighted by Gasteiger charge is -2.34. The van der Waals surface area contributed by atoms with E-state index in [9.17, 15) is 14.4 Å². The molecule has 6 rings (SSSR count). The molecule has 3 fully saturated rings. The van der Waals surface area contributed by atoms with Gasteiger partial charge in [0.25, 0.3) is 0 Å². The van der Waals surface area contributed by atoms with Gasteiger partial charge in [-0.15, -0.1) is 0 Å². The average Bonchev–Trinajstić information content (AvgIpc) is 3.58. The number of rotatable bonds is 7. The SMILES string of the molecule is COc1ccc(NC(=O)C2C3C=CC4(O3)C2C(=O)N(Cc2ccccc2Cl)C4C(=O)NC2CCCCC2)cc1. The molecule has 9 heteroatoms. The molecule has 3 heterocycles. The molecule has 39 heavy (non-hydrogen) atoms. The molecule has 1 aliphatic carbocycles. The third-order valence-corrected chi connectivity index (χ3v) is 8.90. The topological polar surface area (TPSA) is 97.0 Å². The first kappa shape index (κ1) is 25.9. The predicted molar refractivity (Wildman–Crippen MR) is 146 cm³/mol. The summed E-state index contributed by atoms with van der Waals surface area (Å²) < 4.78 is 11.6. The van der Waals surface area contributed by atoms with Crippen molar-refractivity contribution >= 4 is 35.0 Å². The van der Waals surface area contributed by atoms with Crippen LogP contribution in [0.1, 0.15) is 37.7 Å². The number of nitrogens with one attached hydrogen (secondary N) is 2. The first-order valence-electron chi connectivity index (χ1n) is 13.6. The molecule has 2 N–H and O–H groups in total. The van der Waals surface area contributed by atoms with Gasteiger partial charge in [0.1, 0.15) is 17.4 Å². The van der Waals surface area contributed by atoms with Gasteiger partial charge in [-0.25, -0.2) is 0 Å². The summed E-state index contributed by atoms with van der Waals surface area (Å²) in [5.41, 5.74) is 0.104. The number of nitrogens with zero attached hydrogens (tertiary/aromatic N) is 1. The summed E-state index contributed by atoms with van der Waals surface area (Å²) in [6.45, 7) is 0.147. The van der Waals surface area contributed by atoms with Crippen LogP contribution in [0.2, 0.25) is 5.02 Å². The van der Waals surface area contributed by atoms with Crippen LogP contribution in [0, 0.1) is 11.8 Å². The van der Waals surface area contributed by atoms with E-state index in [1.54, 1.807) is 42.3 Å². The van der Waals surface area contributed by atoms with Crippen LogP contribution in [-0.2, 0) is 25.7 Å². The summed E-state index contributed by atoms with van der Waals surface area (Å²) in [4.78, 5) is 43.2. The lowest BCUT2D eigenvalue weighted by molar-refractivity contribution is -0.142. The van der Waals surface area contributed by atoms with E-state index < -0.39 is 29.6 Å². The maximum absolute atomic E-state index is 14.1. The van der Waals surface area contributed by atoms with Crippen molar-refractivity contribution in [2.75, 3.05) is 12.4 Å². The second-order valence-corrected chi connectivity index (χ2v) is 11.2. The van der Waals surface area contributed by atoms with Crippen molar-refractivity contribution in [1.82, 2.24) is 10.2 Å². The molecule has 3 aliphatic heterocycles. The number of halogens is 1. The van der Waals surface area contributed by atoms with Crippen molar-refractivity contribution < 1.29 is 23.9 Å². The monoisotopic (exact) mass is 549 g/mol. The zero-order valence-electron chi connectivity index (χ0n) is 21.8. The number of amides is 3. The highest BCUT2D eigenvalue weighted by molar-refractivity contribution is 6.31. The van der Waals surface area contributed by atoms with E-state index in [4.69, 9.17) is 21.1 Å². The van der Waals surface area contributed by atoms with Gasteiger partial charge in [0.2, 0.25) is 17.7 Å². The highest BCUT2D eigenvalue weighted by atomic mass is 35.5. The number of fused-ring (bicyclic) bond motifs is 1. The first-order valence-corrected chi connectivity index (χ1v) is 14.0. The Labute approximate surface area is 232 Å². The number of carbonyl (C=O) groups is 3. The normalized spacial score (nSPS) is 29.4. The van der Waals surface area contributed by atoms with Crippen LogP contribution in [-0.4, -0.2) is 53.5 Å². The fraction of sp³-hybridized carbons (Fsp3) is 0.433. The number of methoxy groups -OCH3 is 1. The van der Waals surface area contributed by atoms with Gasteiger partial charge in [-0.1, -0.05) is 61.2 Å². The Balaban J connectivity index is 1.32. The van der Waals surface area contributed by atoms with Gasteiger partial charge in [0, 0.05) is 23.3 Å².